The van der Waals surface area contributed by atoms with Crippen LogP contribution in [0.3, 0.4) is 0 Å². The molecule has 0 aliphatic heterocycles. The number of halogens is 2. The van der Waals surface area contributed by atoms with E-state index < -0.39 is 17.5 Å². The molecule has 0 unspecified atom stereocenters. The molecule has 5 aromatic rings. The summed E-state index contributed by atoms with van der Waals surface area (Å²) in [5.41, 5.74) is 9.50. The van der Waals surface area contributed by atoms with Crippen LogP contribution >= 0.6 is 0 Å². The predicted octanol–water partition coefficient (Wildman–Crippen LogP) is 3.88. The van der Waals surface area contributed by atoms with E-state index in [1.54, 1.807) is 6.20 Å². The number of fused-ring (bicyclic) bond motifs is 1. The van der Waals surface area contributed by atoms with Gasteiger partial charge < -0.3 is 15.8 Å². The second-order valence-corrected chi connectivity index (χ2v) is 7.83. The van der Waals surface area contributed by atoms with E-state index in [9.17, 15) is 13.6 Å². The molecule has 0 aliphatic rings. The summed E-state index contributed by atoms with van der Waals surface area (Å²) in [7, 11) is 1.42. The van der Waals surface area contributed by atoms with Gasteiger partial charge in [0, 0.05) is 18.3 Å². The molecule has 3 aromatic heterocycles. The summed E-state index contributed by atoms with van der Waals surface area (Å²) in [6.45, 7) is 0.219. The lowest BCUT2D eigenvalue weighted by Gasteiger charge is -2.10. The summed E-state index contributed by atoms with van der Waals surface area (Å²) in [6, 6.07) is 11.1. The van der Waals surface area contributed by atoms with Crippen molar-refractivity contribution in [1.82, 2.24) is 30.5 Å². The van der Waals surface area contributed by atoms with Crippen LogP contribution in [0, 0.1) is 11.6 Å². The van der Waals surface area contributed by atoms with Crippen LogP contribution in [0.15, 0.2) is 61.1 Å². The number of nitrogens with one attached hydrogen (secondary N) is 2. The smallest absolute Gasteiger partial charge is 0.255 e. The highest BCUT2D eigenvalue weighted by molar-refractivity contribution is 6.05. The van der Waals surface area contributed by atoms with Crippen molar-refractivity contribution in [2.75, 3.05) is 12.8 Å². The zero-order chi connectivity index (χ0) is 25.2. The van der Waals surface area contributed by atoms with Crippen LogP contribution in [0.2, 0.25) is 0 Å². The maximum atomic E-state index is 13.6. The lowest BCUT2D eigenvalue weighted by molar-refractivity contribution is 0.0947. The third-order valence-corrected chi connectivity index (χ3v) is 5.57. The Labute approximate surface area is 203 Å². The zero-order valence-electron chi connectivity index (χ0n) is 18.9. The molecule has 1 amide bonds. The van der Waals surface area contributed by atoms with Gasteiger partial charge >= 0.3 is 0 Å². The summed E-state index contributed by atoms with van der Waals surface area (Å²) >= 11 is 0. The van der Waals surface area contributed by atoms with E-state index in [2.05, 4.69) is 30.5 Å². The van der Waals surface area contributed by atoms with Crippen molar-refractivity contribution in [1.29, 1.82) is 0 Å². The van der Waals surface area contributed by atoms with Gasteiger partial charge in [-0.3, -0.25) is 14.9 Å². The van der Waals surface area contributed by atoms with Crippen molar-refractivity contribution in [2.24, 2.45) is 0 Å². The number of aromatic amines is 1. The van der Waals surface area contributed by atoms with E-state index in [1.165, 1.54) is 19.2 Å². The van der Waals surface area contributed by atoms with E-state index in [0.717, 1.165) is 29.6 Å². The number of carbonyl (C=O) groups excluding carboxylic acids is 1. The lowest BCUT2D eigenvalue weighted by atomic mass is 10.0. The Bertz CT molecular complexity index is 1570. The van der Waals surface area contributed by atoms with Crippen molar-refractivity contribution in [3.63, 3.8) is 0 Å². The number of ether oxygens (including phenoxy) is 1. The highest BCUT2D eigenvalue weighted by Crippen LogP contribution is 2.34. The fraction of sp³-hybridized carbons (Fsp3) is 0.0800. The number of amides is 1. The number of nitrogens with zero attached hydrogens (tertiary/aromatic N) is 4. The van der Waals surface area contributed by atoms with Gasteiger partial charge in [-0.05, 0) is 23.8 Å². The van der Waals surface area contributed by atoms with Gasteiger partial charge in [0.15, 0.2) is 17.5 Å². The minimum atomic E-state index is -0.546. The number of anilines is 1. The van der Waals surface area contributed by atoms with E-state index in [-0.39, 0.29) is 29.5 Å². The van der Waals surface area contributed by atoms with Gasteiger partial charge in [0.05, 0.1) is 47.2 Å². The van der Waals surface area contributed by atoms with Crippen LogP contribution < -0.4 is 15.8 Å². The molecule has 0 radical (unpaired) electrons. The van der Waals surface area contributed by atoms with Crippen LogP contribution in [0.1, 0.15) is 15.9 Å². The Morgan fingerprint density at radius 3 is 2.50 bits per heavy atom. The number of nitrogens with two attached hydrogens (primary N) is 1. The van der Waals surface area contributed by atoms with Crippen molar-refractivity contribution >= 4 is 22.6 Å². The minimum absolute atomic E-state index is 0.112. The van der Waals surface area contributed by atoms with Crippen LogP contribution in [0.4, 0.5) is 14.6 Å². The number of pyridine rings is 1. The third-order valence-electron chi connectivity index (χ3n) is 5.57. The number of carbonyl (C=O) groups is 1. The first-order chi connectivity index (χ1) is 17.4. The molecule has 0 fully saturated rings. The zero-order valence-corrected chi connectivity index (χ0v) is 18.9. The van der Waals surface area contributed by atoms with Crippen molar-refractivity contribution in [3.05, 3.63) is 83.8 Å². The number of nitrogen functional groups attached to an aromatic ring is 1. The maximum absolute atomic E-state index is 13.6. The Hall–Kier alpha value is -4.93. The molecule has 36 heavy (non-hydrogen) atoms. The van der Waals surface area contributed by atoms with Gasteiger partial charge in [0.1, 0.15) is 11.6 Å². The Morgan fingerprint density at radius 2 is 1.78 bits per heavy atom. The van der Waals surface area contributed by atoms with Crippen molar-refractivity contribution in [3.8, 4) is 28.4 Å². The summed E-state index contributed by atoms with van der Waals surface area (Å²) in [4.78, 5) is 25.1. The summed E-state index contributed by atoms with van der Waals surface area (Å²) in [5.74, 6) is -0.716. The monoisotopic (exact) mass is 487 g/mol. The molecule has 5 rings (SSSR count). The normalized spacial score (nSPS) is 11.0. The fourth-order valence-electron chi connectivity index (χ4n) is 3.80. The molecule has 180 valence electrons. The highest BCUT2D eigenvalue weighted by Gasteiger charge is 2.18. The molecule has 9 nitrogen and oxygen atoms in total. The van der Waals surface area contributed by atoms with Crippen LogP contribution in [0.25, 0.3) is 33.5 Å². The van der Waals surface area contributed by atoms with Gasteiger partial charge in [-0.15, -0.1) is 0 Å². The Kier molecular flexibility index (Phi) is 5.95. The Morgan fingerprint density at radius 1 is 1.03 bits per heavy atom. The van der Waals surface area contributed by atoms with E-state index in [1.807, 2.05) is 24.3 Å². The standard InChI is InChI=1S/C25H19F2N7O2/c1-36-19-7-6-15(26)8-17(19)25(35)32-9-13-2-4-14(5-3-13)21-20-22(33-34-23(20)28)18(12-29-21)24-30-10-16(27)11-31-24/h2-8,10-12H,9H2,1H3,(H,32,35)(H3,28,33,34). The topological polar surface area (TPSA) is 132 Å². The number of hydrogen-bond donors (Lipinski definition) is 3. The first-order valence-electron chi connectivity index (χ1n) is 10.8. The molecule has 0 aliphatic carbocycles. The van der Waals surface area contributed by atoms with E-state index in [0.29, 0.717) is 22.2 Å². The highest BCUT2D eigenvalue weighted by atomic mass is 19.1. The van der Waals surface area contributed by atoms with E-state index in [4.69, 9.17) is 10.5 Å². The largest absolute Gasteiger partial charge is 0.496 e. The lowest BCUT2D eigenvalue weighted by Crippen LogP contribution is -2.23. The van der Waals surface area contributed by atoms with Crippen LogP contribution in [0.5, 0.6) is 5.75 Å². The quantitative estimate of drug-likeness (QED) is 0.331. The first-order valence-corrected chi connectivity index (χ1v) is 10.8. The van der Waals surface area contributed by atoms with Gasteiger partial charge in [-0.2, -0.15) is 5.10 Å². The van der Waals surface area contributed by atoms with Gasteiger partial charge in [-0.25, -0.2) is 18.7 Å². The second kappa shape index (κ2) is 9.37. The molecule has 0 saturated heterocycles. The van der Waals surface area contributed by atoms with Gasteiger partial charge in [0.25, 0.3) is 5.91 Å². The molecular formula is C25H19F2N7O2. The summed E-state index contributed by atoms with van der Waals surface area (Å²) in [5, 5.41) is 10.3. The van der Waals surface area contributed by atoms with Crippen LogP contribution in [-0.4, -0.2) is 38.2 Å². The molecule has 4 N–H and O–H groups in total. The van der Waals surface area contributed by atoms with Gasteiger partial charge in [0.2, 0.25) is 0 Å². The average molecular weight is 487 g/mol. The molecule has 3 heterocycles. The maximum Gasteiger partial charge on any atom is 0.255 e. The Balaban J connectivity index is 1.39. The second-order valence-electron chi connectivity index (χ2n) is 7.83. The van der Waals surface area contributed by atoms with E-state index >= 15 is 0 Å². The average Bonchev–Trinajstić information content (AvgIpc) is 3.29. The number of hydrogen-bond acceptors (Lipinski definition) is 7. The molecule has 0 atom stereocenters. The number of aromatic nitrogens is 5. The predicted molar refractivity (Wildman–Crippen MR) is 129 cm³/mol. The van der Waals surface area contributed by atoms with Crippen LogP contribution in [-0.2, 0) is 6.54 Å². The number of benzene rings is 2. The molecule has 0 saturated carbocycles. The third kappa shape index (κ3) is 4.29. The summed E-state index contributed by atoms with van der Waals surface area (Å²) < 4.78 is 32.0. The number of H-pyrrole nitrogens is 1. The first kappa shape index (κ1) is 22.8. The fourth-order valence-corrected chi connectivity index (χ4v) is 3.80. The molecular weight excluding hydrogens is 468 g/mol. The summed E-state index contributed by atoms with van der Waals surface area (Å²) in [6.07, 6.45) is 3.72. The molecule has 11 heteroatoms. The van der Waals surface area contributed by atoms with Gasteiger partial charge in [-0.1, -0.05) is 24.3 Å². The minimum Gasteiger partial charge on any atom is -0.496 e. The van der Waals surface area contributed by atoms with Crippen molar-refractivity contribution < 1.29 is 18.3 Å². The molecule has 0 bridgehead atoms. The molecule has 2 aromatic carbocycles. The van der Waals surface area contributed by atoms with Crippen molar-refractivity contribution in [2.45, 2.75) is 6.54 Å². The number of rotatable bonds is 6. The molecule has 0 spiro atoms. The number of methoxy groups -OCH3 is 1. The SMILES string of the molecule is COc1ccc(F)cc1C(=O)NCc1ccc(-c2ncc(-c3ncc(F)cn3)c3[nH]nc(N)c23)cc1.